The van der Waals surface area contributed by atoms with Crippen LogP contribution in [0.15, 0.2) is 48.5 Å². The van der Waals surface area contributed by atoms with E-state index in [0.717, 1.165) is 44.2 Å². The highest BCUT2D eigenvalue weighted by molar-refractivity contribution is 6.36. The number of esters is 2. The maximum atomic E-state index is 12.5. The zero-order chi connectivity index (χ0) is 22.6. The minimum atomic E-state index is -0.722. The predicted octanol–water partition coefficient (Wildman–Crippen LogP) is 4.96. The lowest BCUT2D eigenvalue weighted by Crippen LogP contribution is -2.06. The molecule has 0 fully saturated rings. The molecule has 32 heavy (non-hydrogen) atoms. The van der Waals surface area contributed by atoms with Crippen LogP contribution in [-0.2, 0) is 14.3 Å². The predicted molar refractivity (Wildman–Crippen MR) is 121 cm³/mol. The van der Waals surface area contributed by atoms with Gasteiger partial charge >= 0.3 is 18.4 Å². The van der Waals surface area contributed by atoms with Gasteiger partial charge in [-0.25, -0.2) is 9.59 Å². The van der Waals surface area contributed by atoms with Crippen LogP contribution < -0.4 is 0 Å². The van der Waals surface area contributed by atoms with Crippen molar-refractivity contribution in [3.63, 3.8) is 0 Å². The highest BCUT2D eigenvalue weighted by Crippen LogP contribution is 2.43. The van der Waals surface area contributed by atoms with Crippen LogP contribution >= 0.6 is 0 Å². The molecule has 0 saturated carbocycles. The van der Waals surface area contributed by atoms with Gasteiger partial charge in [-0.2, -0.15) is 0 Å². The monoisotopic (exact) mass is 424 g/mol. The summed E-state index contributed by atoms with van der Waals surface area (Å²) in [4.78, 5) is 47.5. The van der Waals surface area contributed by atoms with E-state index in [0.29, 0.717) is 27.5 Å². The van der Waals surface area contributed by atoms with E-state index in [1.807, 2.05) is 31.2 Å². The first-order valence-electron chi connectivity index (χ1n) is 9.86. The summed E-state index contributed by atoms with van der Waals surface area (Å²) in [6, 6.07) is 14.3. The number of hydrogen-bond donors (Lipinski definition) is 0. The summed E-state index contributed by atoms with van der Waals surface area (Å²) >= 11 is 0. The zero-order valence-corrected chi connectivity index (χ0v) is 17.2. The second-order valence-corrected chi connectivity index (χ2v) is 7.56. The molecule has 0 N–H and O–H groups in total. The van der Waals surface area contributed by atoms with E-state index >= 15 is 0 Å². The zero-order valence-electron chi connectivity index (χ0n) is 17.2. The van der Waals surface area contributed by atoms with E-state index in [9.17, 15) is 19.2 Å². The van der Waals surface area contributed by atoms with Gasteiger partial charge in [0.1, 0.15) is 0 Å². The standard InChI is InChI=1S/C26H16O6/c1-13-3-5-15-16-6-4-14(11-27)22-20(25(29)31-2)10-8-18(24(16)22)17-7-9-19(21(13)23(15)17)26(30)32-12-28/h3-12H,1-2H3. The van der Waals surface area contributed by atoms with Crippen molar-refractivity contribution in [2.75, 3.05) is 7.11 Å². The molecule has 0 saturated heterocycles. The minimum absolute atomic E-state index is 0.123. The molecule has 156 valence electrons. The molecule has 6 heteroatoms. The third-order valence-corrected chi connectivity index (χ3v) is 6.05. The first-order valence-corrected chi connectivity index (χ1v) is 9.86. The van der Waals surface area contributed by atoms with Crippen LogP contribution in [0.25, 0.3) is 43.1 Å². The van der Waals surface area contributed by atoms with Crippen LogP contribution in [0.5, 0.6) is 0 Å². The Morgan fingerprint density at radius 2 is 1.22 bits per heavy atom. The summed E-state index contributed by atoms with van der Waals surface area (Å²) in [7, 11) is 1.30. The Morgan fingerprint density at radius 3 is 1.78 bits per heavy atom. The van der Waals surface area contributed by atoms with Gasteiger partial charge in [-0.05, 0) is 56.9 Å². The van der Waals surface area contributed by atoms with Gasteiger partial charge in [0.2, 0.25) is 0 Å². The Hall–Kier alpha value is -4.32. The lowest BCUT2D eigenvalue weighted by molar-refractivity contribution is -0.123. The topological polar surface area (TPSA) is 86.7 Å². The van der Waals surface area contributed by atoms with Gasteiger partial charge in [0.05, 0.1) is 18.2 Å². The highest BCUT2D eigenvalue weighted by atomic mass is 16.6. The fourth-order valence-corrected chi connectivity index (χ4v) is 4.74. The number of fused-ring (bicyclic) bond motifs is 2. The first-order chi connectivity index (χ1) is 15.5. The SMILES string of the molecule is COC(=O)c1ccc2c3ccc(C(=O)OC=O)c4c(C)ccc(c5ccc(C=O)c1c52)c43. The van der Waals surface area contributed by atoms with Crippen LogP contribution in [-0.4, -0.2) is 31.8 Å². The summed E-state index contributed by atoms with van der Waals surface area (Å²) in [6.45, 7) is 2.01. The number of carbonyl (C=O) groups excluding carboxylic acids is 4. The number of carbonyl (C=O) groups is 4. The van der Waals surface area contributed by atoms with Crippen molar-refractivity contribution in [3.8, 4) is 0 Å². The number of hydrogen-bond acceptors (Lipinski definition) is 6. The van der Waals surface area contributed by atoms with Gasteiger partial charge in [0.15, 0.2) is 6.29 Å². The maximum Gasteiger partial charge on any atom is 0.346 e. The number of rotatable bonds is 4. The number of aldehydes is 1. The molecule has 0 atom stereocenters. The fraction of sp³-hybridized carbons (Fsp3) is 0.0769. The minimum Gasteiger partial charge on any atom is -0.465 e. The summed E-state index contributed by atoms with van der Waals surface area (Å²) in [5, 5.41) is 6.25. The quantitative estimate of drug-likeness (QED) is 0.133. The molecular formula is C26H16O6. The van der Waals surface area contributed by atoms with Gasteiger partial charge in [-0.15, -0.1) is 0 Å². The van der Waals surface area contributed by atoms with Crippen molar-refractivity contribution >= 4 is 67.8 Å². The van der Waals surface area contributed by atoms with Gasteiger partial charge in [0.25, 0.3) is 0 Å². The van der Waals surface area contributed by atoms with E-state index in [1.165, 1.54) is 7.11 Å². The Balaban J connectivity index is 2.07. The fourth-order valence-electron chi connectivity index (χ4n) is 4.74. The van der Waals surface area contributed by atoms with Crippen molar-refractivity contribution in [1.82, 2.24) is 0 Å². The Kier molecular flexibility index (Phi) is 4.37. The molecule has 0 aliphatic carbocycles. The van der Waals surface area contributed by atoms with Gasteiger partial charge < -0.3 is 9.47 Å². The van der Waals surface area contributed by atoms with Crippen LogP contribution in [0.4, 0.5) is 0 Å². The molecule has 0 aromatic heterocycles. The third-order valence-electron chi connectivity index (χ3n) is 6.05. The largest absolute Gasteiger partial charge is 0.465 e. The molecule has 6 nitrogen and oxygen atoms in total. The average molecular weight is 424 g/mol. The molecule has 0 radical (unpaired) electrons. The summed E-state index contributed by atoms with van der Waals surface area (Å²) in [6.07, 6.45) is 0.730. The molecule has 0 aliphatic heterocycles. The van der Waals surface area contributed by atoms with Gasteiger partial charge in [0, 0.05) is 16.3 Å². The number of methoxy groups -OCH3 is 1. The summed E-state index contributed by atoms with van der Waals surface area (Å²) in [5.74, 6) is -1.25. The molecular weight excluding hydrogens is 408 g/mol. The maximum absolute atomic E-state index is 12.5. The molecule has 0 bridgehead atoms. The number of benzene rings is 5. The second kappa shape index (κ2) is 7.13. The molecule has 5 rings (SSSR count). The average Bonchev–Trinajstić information content (AvgIpc) is 2.82. The van der Waals surface area contributed by atoms with Crippen LogP contribution in [0, 0.1) is 6.92 Å². The Labute approximate surface area is 181 Å². The van der Waals surface area contributed by atoms with Gasteiger partial charge in [-0.1, -0.05) is 36.4 Å². The Morgan fingerprint density at radius 1 is 0.688 bits per heavy atom. The van der Waals surface area contributed by atoms with Crippen molar-refractivity contribution < 1.29 is 28.7 Å². The third kappa shape index (κ3) is 2.53. The second-order valence-electron chi connectivity index (χ2n) is 7.56. The van der Waals surface area contributed by atoms with Crippen LogP contribution in [0.3, 0.4) is 0 Å². The van der Waals surface area contributed by atoms with Crippen molar-refractivity contribution in [2.45, 2.75) is 6.92 Å². The van der Waals surface area contributed by atoms with Crippen molar-refractivity contribution in [2.24, 2.45) is 0 Å². The summed E-state index contributed by atoms with van der Waals surface area (Å²) < 4.78 is 9.57. The van der Waals surface area contributed by atoms with Crippen molar-refractivity contribution in [3.05, 3.63) is 70.8 Å². The summed E-state index contributed by atoms with van der Waals surface area (Å²) in [5.41, 5.74) is 1.86. The van der Waals surface area contributed by atoms with Gasteiger partial charge in [-0.3, -0.25) is 9.59 Å². The molecule has 0 heterocycles. The molecule has 5 aromatic rings. The lowest BCUT2D eigenvalue weighted by Gasteiger charge is -2.18. The van der Waals surface area contributed by atoms with Crippen LogP contribution in [0.2, 0.25) is 0 Å². The van der Waals surface area contributed by atoms with E-state index in [4.69, 9.17) is 4.74 Å². The normalized spacial score (nSPS) is 11.3. The first kappa shape index (κ1) is 19.6. The van der Waals surface area contributed by atoms with E-state index in [2.05, 4.69) is 4.74 Å². The van der Waals surface area contributed by atoms with Crippen LogP contribution in [0.1, 0.15) is 36.6 Å². The van der Waals surface area contributed by atoms with E-state index in [1.54, 1.807) is 24.3 Å². The van der Waals surface area contributed by atoms with E-state index < -0.39 is 11.9 Å². The number of ether oxygens (including phenoxy) is 2. The molecule has 0 aliphatic rings. The van der Waals surface area contributed by atoms with Crippen molar-refractivity contribution in [1.29, 1.82) is 0 Å². The molecule has 0 unspecified atom stereocenters. The van der Waals surface area contributed by atoms with E-state index in [-0.39, 0.29) is 6.47 Å². The molecule has 5 aromatic carbocycles. The molecule has 0 spiro atoms. The molecule has 0 amide bonds. The Bertz CT molecular complexity index is 1590. The lowest BCUT2D eigenvalue weighted by atomic mass is 9.85. The smallest absolute Gasteiger partial charge is 0.346 e. The number of aryl methyl sites for hydroxylation is 1. The highest BCUT2D eigenvalue weighted by Gasteiger charge is 2.22.